The molecule has 0 saturated heterocycles. The highest BCUT2D eigenvalue weighted by atomic mass is 32.2. The number of rotatable bonds is 2. The third-order valence-corrected chi connectivity index (χ3v) is 1.27. The standard InChI is InChI=1S/C3H5O3SSi/c4-7(5,6)2-1-3-8/h1,3H,2H2,(H,4,5,6). The summed E-state index contributed by atoms with van der Waals surface area (Å²) in [4.78, 5) is 0. The summed E-state index contributed by atoms with van der Waals surface area (Å²) in [5.74, 6) is -0.337. The van der Waals surface area contributed by atoms with E-state index in [1.165, 1.54) is 11.8 Å². The molecule has 0 fully saturated rings. The lowest BCUT2D eigenvalue weighted by atomic mass is 10.8. The summed E-state index contributed by atoms with van der Waals surface area (Å²) >= 11 is 0. The second-order valence-corrected chi connectivity index (χ2v) is 2.98. The average Bonchev–Trinajstić information content (AvgIpc) is 1.59. The van der Waals surface area contributed by atoms with Crippen molar-refractivity contribution in [1.29, 1.82) is 0 Å². The normalized spacial score (nSPS) is 12.8. The quantitative estimate of drug-likeness (QED) is 0.427. The Hall–Kier alpha value is -0.133. The zero-order valence-electron chi connectivity index (χ0n) is 4.03. The number of hydrogen-bond donors (Lipinski definition) is 1. The maximum atomic E-state index is 9.87. The van der Waals surface area contributed by atoms with Gasteiger partial charge in [0.15, 0.2) is 0 Å². The molecule has 45 valence electrons. The van der Waals surface area contributed by atoms with Gasteiger partial charge in [-0.3, -0.25) is 4.55 Å². The average molecular weight is 149 g/mol. The first kappa shape index (κ1) is 7.87. The minimum absolute atomic E-state index is 0.337. The first-order chi connectivity index (χ1) is 3.56. The molecule has 1 N–H and O–H groups in total. The summed E-state index contributed by atoms with van der Waals surface area (Å²) in [6, 6.07) is 0. The minimum atomic E-state index is -3.80. The molecular formula is C3H5O3SSi. The Bertz CT molecular complexity index is 169. The molecule has 0 aliphatic carbocycles. The van der Waals surface area contributed by atoms with E-state index in [9.17, 15) is 8.42 Å². The fraction of sp³-hybridized carbons (Fsp3) is 0.333. The van der Waals surface area contributed by atoms with E-state index in [2.05, 4.69) is 10.2 Å². The Morgan fingerprint density at radius 3 is 2.25 bits per heavy atom. The monoisotopic (exact) mass is 149 g/mol. The van der Waals surface area contributed by atoms with Gasteiger partial charge in [-0.05, 0) is 0 Å². The third kappa shape index (κ3) is 5.87. The van der Waals surface area contributed by atoms with E-state index in [1.807, 2.05) is 0 Å². The van der Waals surface area contributed by atoms with Crippen molar-refractivity contribution in [2.45, 2.75) is 0 Å². The van der Waals surface area contributed by atoms with Crippen LogP contribution in [0.15, 0.2) is 11.8 Å². The summed E-state index contributed by atoms with van der Waals surface area (Å²) in [7, 11) is -0.915. The summed E-state index contributed by atoms with van der Waals surface area (Å²) < 4.78 is 27.8. The van der Waals surface area contributed by atoms with E-state index in [4.69, 9.17) is 4.55 Å². The van der Waals surface area contributed by atoms with Crippen LogP contribution in [-0.4, -0.2) is 29.0 Å². The first-order valence-corrected chi connectivity index (χ1v) is 4.02. The topological polar surface area (TPSA) is 54.4 Å². The summed E-state index contributed by atoms with van der Waals surface area (Å²) in [6.45, 7) is 0. The van der Waals surface area contributed by atoms with Gasteiger partial charge in [0.25, 0.3) is 10.1 Å². The SMILES string of the molecule is O=S(=O)(O)CC=C[Si]. The van der Waals surface area contributed by atoms with Gasteiger partial charge in [0, 0.05) is 0 Å². The van der Waals surface area contributed by atoms with Crippen LogP contribution in [0.3, 0.4) is 0 Å². The van der Waals surface area contributed by atoms with Crippen molar-refractivity contribution in [3.05, 3.63) is 11.8 Å². The third-order valence-electron chi connectivity index (χ3n) is 0.425. The molecule has 0 heterocycles. The van der Waals surface area contributed by atoms with Crippen LogP contribution in [-0.2, 0) is 10.1 Å². The minimum Gasteiger partial charge on any atom is -0.285 e. The van der Waals surface area contributed by atoms with Gasteiger partial charge in [-0.25, -0.2) is 0 Å². The molecule has 0 rings (SSSR count). The van der Waals surface area contributed by atoms with Crippen LogP contribution in [0.2, 0.25) is 0 Å². The highest BCUT2D eigenvalue weighted by molar-refractivity contribution is 7.85. The van der Waals surface area contributed by atoms with Crippen LogP contribution in [0.25, 0.3) is 0 Å². The molecule has 5 heteroatoms. The Labute approximate surface area is 51.6 Å². The second-order valence-electron chi connectivity index (χ2n) is 1.15. The van der Waals surface area contributed by atoms with Crippen molar-refractivity contribution in [2.24, 2.45) is 0 Å². The molecule has 0 aromatic heterocycles. The lowest BCUT2D eigenvalue weighted by Gasteiger charge is -1.83. The smallest absolute Gasteiger partial charge is 0.268 e. The van der Waals surface area contributed by atoms with E-state index in [0.717, 1.165) is 0 Å². The first-order valence-electron chi connectivity index (χ1n) is 1.83. The summed E-state index contributed by atoms with van der Waals surface area (Å²) in [5, 5.41) is 0. The predicted molar refractivity (Wildman–Crippen MR) is 31.3 cm³/mol. The van der Waals surface area contributed by atoms with Gasteiger partial charge in [0.2, 0.25) is 0 Å². The Balaban J connectivity index is 3.76. The highest BCUT2D eigenvalue weighted by Crippen LogP contribution is 1.80. The van der Waals surface area contributed by atoms with Crippen molar-refractivity contribution in [1.82, 2.24) is 0 Å². The summed E-state index contributed by atoms with van der Waals surface area (Å²) in [6.07, 6.45) is 1.28. The van der Waals surface area contributed by atoms with Crippen LogP contribution >= 0.6 is 0 Å². The lowest BCUT2D eigenvalue weighted by Crippen LogP contribution is -1.99. The molecule has 0 aromatic rings. The molecule has 8 heavy (non-hydrogen) atoms. The Morgan fingerprint density at radius 1 is 1.62 bits per heavy atom. The Kier molecular flexibility index (Phi) is 2.96. The van der Waals surface area contributed by atoms with Crippen molar-refractivity contribution in [2.75, 3.05) is 5.75 Å². The molecule has 3 radical (unpaired) electrons. The molecule has 0 amide bonds. The molecule has 0 bridgehead atoms. The van der Waals surface area contributed by atoms with E-state index in [-0.39, 0.29) is 5.75 Å². The lowest BCUT2D eigenvalue weighted by molar-refractivity contribution is 0.487. The van der Waals surface area contributed by atoms with E-state index >= 15 is 0 Å². The number of hydrogen-bond acceptors (Lipinski definition) is 2. The molecule has 0 aromatic carbocycles. The zero-order valence-corrected chi connectivity index (χ0v) is 5.85. The van der Waals surface area contributed by atoms with Gasteiger partial charge in [-0.2, -0.15) is 8.42 Å². The van der Waals surface area contributed by atoms with Crippen molar-refractivity contribution < 1.29 is 13.0 Å². The van der Waals surface area contributed by atoms with Crippen LogP contribution in [0.1, 0.15) is 0 Å². The van der Waals surface area contributed by atoms with Gasteiger partial charge < -0.3 is 0 Å². The van der Waals surface area contributed by atoms with Gasteiger partial charge in [0.05, 0.1) is 16.0 Å². The molecule has 0 aliphatic rings. The van der Waals surface area contributed by atoms with Crippen molar-refractivity contribution >= 4 is 20.4 Å². The van der Waals surface area contributed by atoms with E-state index in [1.54, 1.807) is 0 Å². The van der Waals surface area contributed by atoms with Crippen LogP contribution in [0.4, 0.5) is 0 Å². The van der Waals surface area contributed by atoms with Gasteiger partial charge in [0.1, 0.15) is 0 Å². The highest BCUT2D eigenvalue weighted by Gasteiger charge is 1.96. The largest absolute Gasteiger partial charge is 0.285 e. The van der Waals surface area contributed by atoms with Gasteiger partial charge in [-0.1, -0.05) is 6.08 Å². The molecule has 0 spiro atoms. The van der Waals surface area contributed by atoms with Crippen LogP contribution in [0, 0.1) is 0 Å². The Morgan fingerprint density at radius 2 is 2.12 bits per heavy atom. The fourth-order valence-corrected chi connectivity index (χ4v) is 0.798. The molecule has 0 saturated carbocycles. The van der Waals surface area contributed by atoms with Crippen molar-refractivity contribution in [3.8, 4) is 0 Å². The van der Waals surface area contributed by atoms with Crippen LogP contribution in [0.5, 0.6) is 0 Å². The maximum absolute atomic E-state index is 9.87. The van der Waals surface area contributed by atoms with Crippen LogP contribution < -0.4 is 0 Å². The molecule has 0 aliphatic heterocycles. The predicted octanol–water partition coefficient (Wildman–Crippen LogP) is -0.444. The van der Waals surface area contributed by atoms with Gasteiger partial charge >= 0.3 is 0 Å². The maximum Gasteiger partial charge on any atom is 0.268 e. The van der Waals surface area contributed by atoms with E-state index in [0.29, 0.717) is 0 Å². The zero-order chi connectivity index (χ0) is 6.62. The molecular weight excluding hydrogens is 144 g/mol. The fourth-order valence-electron chi connectivity index (χ4n) is 0.170. The summed E-state index contributed by atoms with van der Waals surface area (Å²) in [5.41, 5.74) is 1.37. The molecule has 0 atom stereocenters. The van der Waals surface area contributed by atoms with Crippen molar-refractivity contribution in [3.63, 3.8) is 0 Å². The molecule has 3 nitrogen and oxygen atoms in total. The molecule has 0 unspecified atom stereocenters. The van der Waals surface area contributed by atoms with Gasteiger partial charge in [-0.15, -0.1) is 5.70 Å². The second kappa shape index (κ2) is 3.01. The van der Waals surface area contributed by atoms with E-state index < -0.39 is 10.1 Å².